The molecular weight excluding hydrogens is 444 g/mol. The lowest BCUT2D eigenvalue weighted by atomic mass is 10.1. The Kier molecular flexibility index (Phi) is 7.53. The van der Waals surface area contributed by atoms with Gasteiger partial charge < -0.3 is 10.1 Å². The van der Waals surface area contributed by atoms with Crippen LogP contribution in [0.5, 0.6) is 0 Å². The number of nitrogens with zero attached hydrogens (tertiary/aromatic N) is 3. The number of benzene rings is 2. The van der Waals surface area contributed by atoms with Crippen LogP contribution in [-0.4, -0.2) is 46.8 Å². The third-order valence-electron chi connectivity index (χ3n) is 4.90. The molecule has 0 unspecified atom stereocenters. The Labute approximate surface area is 194 Å². The van der Waals surface area contributed by atoms with Gasteiger partial charge in [0, 0.05) is 30.7 Å². The number of methoxy groups -OCH3 is 1. The third-order valence-corrected chi connectivity index (χ3v) is 4.90. The molecule has 0 aliphatic rings. The Bertz CT molecular complexity index is 1300. The zero-order valence-corrected chi connectivity index (χ0v) is 18.8. The number of hydrogen-bond donors (Lipinski definition) is 3. The number of amides is 2. The molecule has 0 aliphatic heterocycles. The first-order valence-corrected chi connectivity index (χ1v) is 10.4. The minimum Gasteiger partial charge on any atom is -0.383 e. The molecule has 1 aromatic heterocycles. The molecule has 12 heteroatoms. The molecular formula is C22H24N6O6. The Hall–Kier alpha value is -4.32. The lowest BCUT2D eigenvalue weighted by Crippen LogP contribution is -2.43. The standard InChI is InChI=1S/C22H24N6O6/c1-13(2)27-22(31)16-7-5-4-6-15(16)19(26-27)21(30)25-24-20(29)14-8-9-17(23-10-11-34-3)18(12-14)28(32)33/h4-9,12-13,23H,10-11H2,1-3H3,(H,24,29)(H,25,30). The molecule has 3 rings (SSSR count). The van der Waals surface area contributed by atoms with Gasteiger partial charge in [-0.3, -0.25) is 35.3 Å². The number of aromatic nitrogens is 2. The molecule has 12 nitrogen and oxygen atoms in total. The smallest absolute Gasteiger partial charge is 0.293 e. The number of carbonyl (C=O) groups is 2. The fourth-order valence-corrected chi connectivity index (χ4v) is 3.23. The van der Waals surface area contributed by atoms with Crippen LogP contribution in [0.25, 0.3) is 10.8 Å². The third kappa shape index (κ3) is 5.18. The van der Waals surface area contributed by atoms with Gasteiger partial charge in [-0.25, -0.2) is 4.68 Å². The summed E-state index contributed by atoms with van der Waals surface area (Å²) in [4.78, 5) is 48.8. The molecule has 0 radical (unpaired) electrons. The first-order valence-electron chi connectivity index (χ1n) is 10.4. The van der Waals surface area contributed by atoms with E-state index in [1.165, 1.54) is 23.9 Å². The van der Waals surface area contributed by atoms with E-state index in [-0.39, 0.29) is 34.2 Å². The van der Waals surface area contributed by atoms with Crippen molar-refractivity contribution in [2.24, 2.45) is 0 Å². The topological polar surface area (TPSA) is 157 Å². The van der Waals surface area contributed by atoms with Gasteiger partial charge in [0.25, 0.3) is 23.1 Å². The van der Waals surface area contributed by atoms with Crippen LogP contribution < -0.4 is 21.7 Å². The fourth-order valence-electron chi connectivity index (χ4n) is 3.23. The van der Waals surface area contributed by atoms with E-state index in [4.69, 9.17) is 4.74 Å². The molecule has 3 aromatic rings. The number of ether oxygens (including phenoxy) is 1. The summed E-state index contributed by atoms with van der Waals surface area (Å²) in [6, 6.07) is 10.1. The second-order valence-electron chi connectivity index (χ2n) is 7.55. The Morgan fingerprint density at radius 2 is 1.79 bits per heavy atom. The van der Waals surface area contributed by atoms with Gasteiger partial charge in [0.15, 0.2) is 5.69 Å². The number of nitro benzene ring substituents is 1. The summed E-state index contributed by atoms with van der Waals surface area (Å²) in [6.07, 6.45) is 0. The van der Waals surface area contributed by atoms with Gasteiger partial charge in [0.2, 0.25) is 0 Å². The van der Waals surface area contributed by atoms with Crippen molar-refractivity contribution in [2.45, 2.75) is 19.9 Å². The van der Waals surface area contributed by atoms with Crippen molar-refractivity contribution in [1.82, 2.24) is 20.6 Å². The highest BCUT2D eigenvalue weighted by Gasteiger charge is 2.20. The highest BCUT2D eigenvalue weighted by molar-refractivity contribution is 6.06. The van der Waals surface area contributed by atoms with Crippen LogP contribution in [-0.2, 0) is 4.74 Å². The summed E-state index contributed by atoms with van der Waals surface area (Å²) in [6.45, 7) is 4.21. The van der Waals surface area contributed by atoms with Crippen LogP contribution in [0.3, 0.4) is 0 Å². The zero-order chi connectivity index (χ0) is 24.8. The molecule has 3 N–H and O–H groups in total. The molecule has 2 aromatic carbocycles. The first-order chi connectivity index (χ1) is 16.2. The van der Waals surface area contributed by atoms with Crippen LogP contribution in [0.1, 0.15) is 40.7 Å². The highest BCUT2D eigenvalue weighted by Crippen LogP contribution is 2.25. The van der Waals surface area contributed by atoms with Crippen LogP contribution >= 0.6 is 0 Å². The van der Waals surface area contributed by atoms with E-state index in [9.17, 15) is 24.5 Å². The number of hydrogen-bond acceptors (Lipinski definition) is 8. The van der Waals surface area contributed by atoms with Gasteiger partial charge in [-0.1, -0.05) is 18.2 Å². The summed E-state index contributed by atoms with van der Waals surface area (Å²) < 4.78 is 6.10. The van der Waals surface area contributed by atoms with E-state index in [1.54, 1.807) is 38.1 Å². The van der Waals surface area contributed by atoms with Crippen molar-refractivity contribution >= 4 is 34.0 Å². The maximum atomic E-state index is 12.8. The zero-order valence-electron chi connectivity index (χ0n) is 18.8. The first kappa shape index (κ1) is 24.3. The maximum Gasteiger partial charge on any atom is 0.293 e. The van der Waals surface area contributed by atoms with Gasteiger partial charge in [-0.15, -0.1) is 0 Å². The number of fused-ring (bicyclic) bond motifs is 1. The average molecular weight is 468 g/mol. The van der Waals surface area contributed by atoms with Gasteiger partial charge in [0.1, 0.15) is 5.69 Å². The SMILES string of the molecule is COCCNc1ccc(C(=O)NNC(=O)c2nn(C(C)C)c(=O)c3ccccc23)cc1[N+](=O)[O-]. The minimum atomic E-state index is -0.763. The highest BCUT2D eigenvalue weighted by atomic mass is 16.6. The number of anilines is 1. The molecule has 0 fully saturated rings. The van der Waals surface area contributed by atoms with Crippen molar-refractivity contribution in [3.8, 4) is 0 Å². The van der Waals surface area contributed by atoms with Crippen LogP contribution in [0.15, 0.2) is 47.3 Å². The molecule has 178 valence electrons. The lowest BCUT2D eigenvalue weighted by Gasteiger charge is -2.14. The molecule has 34 heavy (non-hydrogen) atoms. The molecule has 0 saturated carbocycles. The van der Waals surface area contributed by atoms with E-state index < -0.39 is 16.7 Å². The monoisotopic (exact) mass is 468 g/mol. The van der Waals surface area contributed by atoms with Gasteiger partial charge in [0.05, 0.1) is 23.0 Å². The van der Waals surface area contributed by atoms with E-state index in [0.29, 0.717) is 23.9 Å². The summed E-state index contributed by atoms with van der Waals surface area (Å²) in [5.41, 5.74) is 4.01. The number of hydrazine groups is 1. The fraction of sp³-hybridized carbons (Fsp3) is 0.273. The van der Waals surface area contributed by atoms with Crippen LogP contribution in [0.4, 0.5) is 11.4 Å². The van der Waals surface area contributed by atoms with Gasteiger partial charge in [-0.2, -0.15) is 5.10 Å². The largest absolute Gasteiger partial charge is 0.383 e. The van der Waals surface area contributed by atoms with Crippen molar-refractivity contribution in [3.05, 3.63) is 74.2 Å². The summed E-state index contributed by atoms with van der Waals surface area (Å²) in [7, 11) is 1.51. The van der Waals surface area contributed by atoms with Crippen LogP contribution in [0, 0.1) is 10.1 Å². The number of carbonyl (C=O) groups excluding carboxylic acids is 2. The van der Waals surface area contributed by atoms with Crippen molar-refractivity contribution in [1.29, 1.82) is 0 Å². The van der Waals surface area contributed by atoms with Gasteiger partial charge >= 0.3 is 0 Å². The van der Waals surface area contributed by atoms with E-state index in [1.807, 2.05) is 0 Å². The number of nitrogens with one attached hydrogen (secondary N) is 3. The predicted molar refractivity (Wildman–Crippen MR) is 125 cm³/mol. The van der Waals surface area contributed by atoms with Gasteiger partial charge in [-0.05, 0) is 32.0 Å². The number of nitro groups is 1. The Balaban J connectivity index is 1.82. The van der Waals surface area contributed by atoms with E-state index >= 15 is 0 Å². The summed E-state index contributed by atoms with van der Waals surface area (Å²) in [5.74, 6) is -1.51. The van der Waals surface area contributed by atoms with E-state index in [2.05, 4.69) is 21.3 Å². The quantitative estimate of drug-likeness (QED) is 0.257. The molecule has 0 aliphatic carbocycles. The maximum absolute atomic E-state index is 12.8. The van der Waals surface area contributed by atoms with Crippen molar-refractivity contribution in [3.63, 3.8) is 0 Å². The number of rotatable bonds is 8. The van der Waals surface area contributed by atoms with Crippen LogP contribution in [0.2, 0.25) is 0 Å². The molecule has 0 bridgehead atoms. The van der Waals surface area contributed by atoms with Crippen molar-refractivity contribution < 1.29 is 19.2 Å². The Morgan fingerprint density at radius 1 is 1.12 bits per heavy atom. The average Bonchev–Trinajstić information content (AvgIpc) is 2.82. The Morgan fingerprint density at radius 3 is 2.44 bits per heavy atom. The summed E-state index contributed by atoms with van der Waals surface area (Å²) >= 11 is 0. The van der Waals surface area contributed by atoms with Crippen molar-refractivity contribution in [2.75, 3.05) is 25.6 Å². The molecule has 0 saturated heterocycles. The molecule has 1 heterocycles. The molecule has 2 amide bonds. The molecule has 0 spiro atoms. The van der Waals surface area contributed by atoms with E-state index in [0.717, 1.165) is 6.07 Å². The lowest BCUT2D eigenvalue weighted by molar-refractivity contribution is -0.384. The summed E-state index contributed by atoms with van der Waals surface area (Å²) in [5, 5.41) is 19.1. The second-order valence-corrected chi connectivity index (χ2v) is 7.55. The normalized spacial score (nSPS) is 10.8. The second kappa shape index (κ2) is 10.5. The molecule has 0 atom stereocenters. The predicted octanol–water partition coefficient (Wildman–Crippen LogP) is 2.02. The minimum absolute atomic E-state index is 0.0331.